The van der Waals surface area contributed by atoms with E-state index >= 15 is 0 Å². The highest BCUT2D eigenvalue weighted by molar-refractivity contribution is 5.72. The van der Waals surface area contributed by atoms with Crippen LogP contribution in [0.15, 0.2) is 0 Å². The molecule has 1 rings (SSSR count). The molecule has 1 fully saturated rings. The normalized spacial score (nSPS) is 18.8. The number of rotatable bonds is 5. The molecule has 0 bridgehead atoms. The van der Waals surface area contributed by atoms with E-state index in [0.29, 0.717) is 12.5 Å². The monoisotopic (exact) mass is 170 g/mol. The average molecular weight is 170 g/mol. The van der Waals surface area contributed by atoms with Gasteiger partial charge in [0.25, 0.3) is 0 Å². The maximum atomic E-state index is 11.3. The Morgan fingerprint density at radius 2 is 2.25 bits per heavy atom. The van der Waals surface area contributed by atoms with Crippen molar-refractivity contribution >= 4 is 5.97 Å². The van der Waals surface area contributed by atoms with Crippen molar-refractivity contribution in [1.82, 2.24) is 0 Å². The molecule has 12 heavy (non-hydrogen) atoms. The topological polar surface area (TPSA) is 26.3 Å². The van der Waals surface area contributed by atoms with Gasteiger partial charge in [0.15, 0.2) is 0 Å². The minimum Gasteiger partial charge on any atom is -0.465 e. The molecule has 0 aromatic heterocycles. The van der Waals surface area contributed by atoms with Gasteiger partial charge in [-0.15, -0.1) is 0 Å². The number of esters is 1. The molecule has 1 saturated carbocycles. The lowest BCUT2D eigenvalue weighted by atomic mass is 10.1. The fraction of sp³-hybridized carbons (Fsp3) is 0.900. The second-order valence-electron chi connectivity index (χ2n) is 3.65. The smallest absolute Gasteiger partial charge is 0.308 e. The third-order valence-corrected chi connectivity index (χ3v) is 2.44. The third-order valence-electron chi connectivity index (χ3n) is 2.44. The Morgan fingerprint density at radius 3 is 2.75 bits per heavy atom. The van der Waals surface area contributed by atoms with Crippen LogP contribution in [0.4, 0.5) is 0 Å². The zero-order valence-electron chi connectivity index (χ0n) is 8.01. The highest BCUT2D eigenvalue weighted by Crippen LogP contribution is 2.37. The van der Waals surface area contributed by atoms with Gasteiger partial charge >= 0.3 is 5.97 Å². The van der Waals surface area contributed by atoms with Gasteiger partial charge < -0.3 is 4.74 Å². The number of ether oxygens (including phenoxy) is 1. The summed E-state index contributed by atoms with van der Waals surface area (Å²) in [5.41, 5.74) is 0. The van der Waals surface area contributed by atoms with Gasteiger partial charge in [-0.3, -0.25) is 4.79 Å². The number of hydrogen-bond acceptors (Lipinski definition) is 2. The fourth-order valence-electron chi connectivity index (χ4n) is 1.24. The minimum absolute atomic E-state index is 0.00551. The Hall–Kier alpha value is -0.530. The van der Waals surface area contributed by atoms with Crippen LogP contribution in [-0.2, 0) is 9.53 Å². The van der Waals surface area contributed by atoms with Crippen LogP contribution in [0, 0.1) is 11.8 Å². The number of carbonyl (C=O) groups excluding carboxylic acids is 1. The lowest BCUT2D eigenvalue weighted by molar-refractivity contribution is -0.148. The SMILES string of the molecule is CCCCOC(=O)C(C)C1CC1. The molecule has 0 aliphatic heterocycles. The summed E-state index contributed by atoms with van der Waals surface area (Å²) in [4.78, 5) is 11.3. The van der Waals surface area contributed by atoms with Crippen LogP contribution in [0.25, 0.3) is 0 Å². The van der Waals surface area contributed by atoms with Gasteiger partial charge in [-0.05, 0) is 25.2 Å². The molecule has 0 amide bonds. The molecule has 0 aromatic carbocycles. The van der Waals surface area contributed by atoms with E-state index in [9.17, 15) is 4.79 Å². The minimum atomic E-state index is 0.00551. The molecule has 0 spiro atoms. The lowest BCUT2D eigenvalue weighted by Gasteiger charge is -2.09. The fourth-order valence-corrected chi connectivity index (χ4v) is 1.24. The molecule has 0 radical (unpaired) electrons. The van der Waals surface area contributed by atoms with Crippen LogP contribution in [0.3, 0.4) is 0 Å². The first-order valence-electron chi connectivity index (χ1n) is 4.92. The first-order chi connectivity index (χ1) is 5.75. The summed E-state index contributed by atoms with van der Waals surface area (Å²) < 4.78 is 5.11. The van der Waals surface area contributed by atoms with Crippen molar-refractivity contribution in [2.75, 3.05) is 6.61 Å². The van der Waals surface area contributed by atoms with Gasteiger partial charge in [-0.1, -0.05) is 20.3 Å². The third kappa shape index (κ3) is 2.84. The van der Waals surface area contributed by atoms with E-state index in [2.05, 4.69) is 6.92 Å². The van der Waals surface area contributed by atoms with E-state index in [1.807, 2.05) is 6.92 Å². The Kier molecular flexibility index (Phi) is 3.57. The predicted molar refractivity (Wildman–Crippen MR) is 47.8 cm³/mol. The van der Waals surface area contributed by atoms with Gasteiger partial charge in [0.2, 0.25) is 0 Å². The molecule has 70 valence electrons. The number of carbonyl (C=O) groups is 1. The van der Waals surface area contributed by atoms with Crippen molar-refractivity contribution in [1.29, 1.82) is 0 Å². The Labute approximate surface area is 74.3 Å². The Bertz CT molecular complexity index is 150. The second-order valence-corrected chi connectivity index (χ2v) is 3.65. The maximum absolute atomic E-state index is 11.3. The molecular weight excluding hydrogens is 152 g/mol. The quantitative estimate of drug-likeness (QED) is 0.467. The second kappa shape index (κ2) is 4.48. The van der Waals surface area contributed by atoms with Crippen LogP contribution in [0.5, 0.6) is 0 Å². The van der Waals surface area contributed by atoms with Crippen LogP contribution >= 0.6 is 0 Å². The van der Waals surface area contributed by atoms with E-state index in [0.717, 1.165) is 12.8 Å². The van der Waals surface area contributed by atoms with Crippen LogP contribution in [0.1, 0.15) is 39.5 Å². The first-order valence-corrected chi connectivity index (χ1v) is 4.92. The summed E-state index contributed by atoms with van der Waals surface area (Å²) in [6.45, 7) is 4.68. The molecule has 0 saturated heterocycles. The molecular formula is C10H18O2. The van der Waals surface area contributed by atoms with Crippen molar-refractivity contribution in [3.8, 4) is 0 Å². The molecule has 0 heterocycles. The molecule has 2 nitrogen and oxygen atoms in total. The Morgan fingerprint density at radius 1 is 1.58 bits per heavy atom. The summed E-state index contributed by atoms with van der Waals surface area (Å²) in [5.74, 6) is 0.770. The van der Waals surface area contributed by atoms with Crippen LogP contribution < -0.4 is 0 Å². The van der Waals surface area contributed by atoms with Gasteiger partial charge in [0.05, 0.1) is 12.5 Å². The van der Waals surface area contributed by atoms with E-state index in [4.69, 9.17) is 4.74 Å². The van der Waals surface area contributed by atoms with Crippen molar-refractivity contribution in [2.45, 2.75) is 39.5 Å². The predicted octanol–water partition coefficient (Wildman–Crippen LogP) is 2.38. The Balaban J connectivity index is 2.09. The summed E-state index contributed by atoms with van der Waals surface area (Å²) in [6, 6.07) is 0. The number of unbranched alkanes of at least 4 members (excludes halogenated alkanes) is 1. The van der Waals surface area contributed by atoms with E-state index in [1.165, 1.54) is 12.8 Å². The van der Waals surface area contributed by atoms with Gasteiger partial charge in [0.1, 0.15) is 0 Å². The lowest BCUT2D eigenvalue weighted by Crippen LogP contribution is -2.16. The van der Waals surface area contributed by atoms with Gasteiger partial charge in [-0.2, -0.15) is 0 Å². The summed E-state index contributed by atoms with van der Waals surface area (Å²) >= 11 is 0. The summed E-state index contributed by atoms with van der Waals surface area (Å²) in [5, 5.41) is 0. The highest BCUT2D eigenvalue weighted by atomic mass is 16.5. The van der Waals surface area contributed by atoms with Gasteiger partial charge in [0, 0.05) is 0 Å². The van der Waals surface area contributed by atoms with Crippen molar-refractivity contribution in [3.63, 3.8) is 0 Å². The summed E-state index contributed by atoms with van der Waals surface area (Å²) in [6.07, 6.45) is 4.50. The van der Waals surface area contributed by atoms with Crippen molar-refractivity contribution in [3.05, 3.63) is 0 Å². The molecule has 2 heteroatoms. The van der Waals surface area contributed by atoms with Crippen molar-refractivity contribution in [2.24, 2.45) is 11.8 Å². The van der Waals surface area contributed by atoms with Crippen molar-refractivity contribution < 1.29 is 9.53 Å². The van der Waals surface area contributed by atoms with Gasteiger partial charge in [-0.25, -0.2) is 0 Å². The molecule has 1 aliphatic rings. The molecule has 1 atom stereocenters. The molecule has 1 unspecified atom stereocenters. The zero-order chi connectivity index (χ0) is 8.97. The number of hydrogen-bond donors (Lipinski definition) is 0. The zero-order valence-corrected chi connectivity index (χ0v) is 8.01. The van der Waals surface area contributed by atoms with E-state index in [-0.39, 0.29) is 11.9 Å². The average Bonchev–Trinajstić information content (AvgIpc) is 2.86. The first kappa shape index (κ1) is 9.56. The van der Waals surface area contributed by atoms with Crippen LogP contribution in [-0.4, -0.2) is 12.6 Å². The van der Waals surface area contributed by atoms with E-state index < -0.39 is 0 Å². The van der Waals surface area contributed by atoms with Crippen LogP contribution in [0.2, 0.25) is 0 Å². The summed E-state index contributed by atoms with van der Waals surface area (Å²) in [7, 11) is 0. The van der Waals surface area contributed by atoms with E-state index in [1.54, 1.807) is 0 Å². The standard InChI is InChI=1S/C10H18O2/c1-3-4-7-12-10(11)8(2)9-5-6-9/h8-9H,3-7H2,1-2H3. The highest BCUT2D eigenvalue weighted by Gasteiger charge is 2.33. The molecule has 0 N–H and O–H groups in total. The maximum Gasteiger partial charge on any atom is 0.308 e. The largest absolute Gasteiger partial charge is 0.465 e. The molecule has 1 aliphatic carbocycles. The molecule has 0 aromatic rings.